The number of anilines is 1. The number of rotatable bonds is 5. The molecule has 1 amide bonds. The molecule has 1 saturated heterocycles. The van der Waals surface area contributed by atoms with Gasteiger partial charge in [0.05, 0.1) is 29.9 Å². The predicted octanol–water partition coefficient (Wildman–Crippen LogP) is 1.71. The largest absolute Gasteiger partial charge is 0.492 e. The van der Waals surface area contributed by atoms with Crippen LogP contribution in [-0.2, 0) is 4.74 Å². The monoisotopic (exact) mass is 437 g/mol. The van der Waals surface area contributed by atoms with Gasteiger partial charge in [0.25, 0.3) is 0 Å². The summed E-state index contributed by atoms with van der Waals surface area (Å²) in [5.74, 6) is 1.43. The van der Waals surface area contributed by atoms with Crippen molar-refractivity contribution < 1.29 is 19.4 Å². The molecule has 0 bridgehead atoms. The molecule has 0 saturated carbocycles. The number of nitrogens with zero attached hydrogens (tertiary/aromatic N) is 5. The summed E-state index contributed by atoms with van der Waals surface area (Å²) in [6.45, 7) is 3.36. The average Bonchev–Trinajstić information content (AvgIpc) is 3.36. The maximum atomic E-state index is 11.0. The molecule has 11 nitrogen and oxygen atoms in total. The number of nitrogens with two attached hydrogens (primary N) is 1. The smallest absolute Gasteiger partial charge is 0.404 e. The lowest BCUT2D eigenvalue weighted by Crippen LogP contribution is -2.49. The van der Waals surface area contributed by atoms with Crippen molar-refractivity contribution in [2.24, 2.45) is 5.73 Å². The van der Waals surface area contributed by atoms with Gasteiger partial charge in [-0.25, -0.2) is 14.3 Å². The van der Waals surface area contributed by atoms with E-state index in [1.807, 2.05) is 36.2 Å². The number of pyridine rings is 2. The molecule has 1 fully saturated rings. The van der Waals surface area contributed by atoms with Gasteiger partial charge in [0.15, 0.2) is 5.65 Å². The van der Waals surface area contributed by atoms with E-state index in [1.54, 1.807) is 16.9 Å². The first-order valence-corrected chi connectivity index (χ1v) is 10.4. The molecule has 0 aliphatic carbocycles. The van der Waals surface area contributed by atoms with Gasteiger partial charge in [0, 0.05) is 36.8 Å². The minimum absolute atomic E-state index is 0.298. The number of aromatic amines is 1. The van der Waals surface area contributed by atoms with E-state index >= 15 is 0 Å². The van der Waals surface area contributed by atoms with Crippen molar-refractivity contribution in [3.05, 3.63) is 36.8 Å². The normalized spacial score (nSPS) is 18.9. The highest BCUT2D eigenvalue weighted by molar-refractivity contribution is 6.00. The van der Waals surface area contributed by atoms with Crippen LogP contribution in [0.2, 0.25) is 0 Å². The van der Waals surface area contributed by atoms with E-state index < -0.39 is 18.3 Å². The van der Waals surface area contributed by atoms with Crippen LogP contribution in [0.5, 0.6) is 5.75 Å². The van der Waals surface area contributed by atoms with Gasteiger partial charge in [-0.2, -0.15) is 5.10 Å². The number of ether oxygens (including phenoxy) is 2. The van der Waals surface area contributed by atoms with Crippen LogP contribution in [0.3, 0.4) is 0 Å². The van der Waals surface area contributed by atoms with Crippen molar-refractivity contribution in [3.63, 3.8) is 0 Å². The lowest BCUT2D eigenvalue weighted by molar-refractivity contribution is -0.00380. The third-order valence-corrected chi connectivity index (χ3v) is 5.58. The maximum absolute atomic E-state index is 11.0. The number of hydrogen-bond acceptors (Lipinski definition) is 8. The number of carbonyl (C=O) groups excluding carboxylic acids is 1. The number of fused-ring (bicyclic) bond motifs is 3. The van der Waals surface area contributed by atoms with Gasteiger partial charge in [-0.1, -0.05) is 0 Å². The fourth-order valence-corrected chi connectivity index (χ4v) is 4.14. The number of amides is 1. The zero-order valence-electron chi connectivity index (χ0n) is 17.4. The van der Waals surface area contributed by atoms with E-state index in [-0.39, 0.29) is 0 Å². The van der Waals surface area contributed by atoms with E-state index in [0.717, 1.165) is 27.8 Å². The van der Waals surface area contributed by atoms with E-state index in [9.17, 15) is 9.90 Å². The van der Waals surface area contributed by atoms with E-state index in [1.165, 1.54) is 0 Å². The second-order valence-corrected chi connectivity index (χ2v) is 7.63. The Morgan fingerprint density at radius 1 is 1.38 bits per heavy atom. The van der Waals surface area contributed by atoms with Crippen molar-refractivity contribution in [2.75, 3.05) is 24.6 Å². The maximum Gasteiger partial charge on any atom is 0.404 e. The molecule has 4 N–H and O–H groups in total. The Kier molecular flexibility index (Phi) is 5.02. The number of piperidine rings is 1. The zero-order chi connectivity index (χ0) is 22.2. The number of nitrogens with one attached hydrogen (secondary N) is 1. The topological polar surface area (TPSA) is 144 Å². The minimum atomic E-state index is -0.878. The molecule has 4 aromatic heterocycles. The van der Waals surface area contributed by atoms with Gasteiger partial charge in [-0.15, -0.1) is 5.10 Å². The summed E-state index contributed by atoms with van der Waals surface area (Å²) in [6.07, 6.45) is 3.55. The van der Waals surface area contributed by atoms with Crippen LogP contribution in [0.25, 0.3) is 27.7 Å². The molecule has 5 heterocycles. The average molecular weight is 437 g/mol. The first-order valence-electron chi connectivity index (χ1n) is 10.4. The van der Waals surface area contributed by atoms with E-state index in [0.29, 0.717) is 37.5 Å². The summed E-state index contributed by atoms with van der Waals surface area (Å²) in [5.41, 5.74) is 8.50. The lowest BCUT2D eigenvalue weighted by Gasteiger charge is -2.35. The number of H-pyrrole nitrogens is 1. The number of primary amides is 1. The molecule has 5 rings (SSSR count). The first-order chi connectivity index (χ1) is 15.5. The molecule has 0 aromatic carbocycles. The fraction of sp³-hybridized carbons (Fsp3) is 0.333. The Morgan fingerprint density at radius 2 is 2.25 bits per heavy atom. The van der Waals surface area contributed by atoms with Crippen LogP contribution in [0, 0.1) is 0 Å². The molecule has 1 aliphatic heterocycles. The third kappa shape index (κ3) is 3.56. The highest BCUT2D eigenvalue weighted by Gasteiger charge is 2.30. The van der Waals surface area contributed by atoms with Gasteiger partial charge < -0.3 is 25.2 Å². The van der Waals surface area contributed by atoms with Crippen LogP contribution >= 0.6 is 0 Å². The SMILES string of the molecule is CCOc1cc(-c2ccc(N3CC[C@H](OC(N)=O)[C@@H](O)C3)nc2)c2c3cn[nH]c3nn2c1. The van der Waals surface area contributed by atoms with Crippen molar-refractivity contribution in [1.29, 1.82) is 0 Å². The molecule has 32 heavy (non-hydrogen) atoms. The molecule has 166 valence electrons. The van der Waals surface area contributed by atoms with Gasteiger partial charge >= 0.3 is 6.09 Å². The fourth-order valence-electron chi connectivity index (χ4n) is 4.14. The molecule has 2 atom stereocenters. The Bertz CT molecular complexity index is 1270. The second kappa shape index (κ2) is 8.00. The van der Waals surface area contributed by atoms with E-state index in [2.05, 4.69) is 20.3 Å². The summed E-state index contributed by atoms with van der Waals surface area (Å²) in [6, 6.07) is 5.86. The highest BCUT2D eigenvalue weighted by Crippen LogP contribution is 2.33. The van der Waals surface area contributed by atoms with Gasteiger partial charge in [-0.3, -0.25) is 5.10 Å². The quantitative estimate of drug-likeness (QED) is 0.428. The molecule has 1 aliphatic rings. The number of aliphatic hydroxyl groups excluding tert-OH is 1. The Hall–Kier alpha value is -3.86. The number of aliphatic hydroxyl groups is 1. The Morgan fingerprint density at radius 3 is 2.97 bits per heavy atom. The number of aromatic nitrogens is 5. The van der Waals surface area contributed by atoms with Gasteiger partial charge in [0.1, 0.15) is 23.8 Å². The standard InChI is InChI=1S/C21H23N7O4/c1-2-31-13-7-14(19-15-9-24-25-20(15)26-28(19)10-13)12-3-4-18(23-8-12)27-6-5-17(16(29)11-27)32-21(22)30/h3-4,7-10,16-17,29H,2,5-6,11H2,1H3,(H2,22,30)(H,25,26)/t16-,17-/m0/s1. The van der Waals surface area contributed by atoms with Crippen molar-refractivity contribution in [1.82, 2.24) is 24.8 Å². The molecule has 0 unspecified atom stereocenters. The molecule has 4 aromatic rings. The summed E-state index contributed by atoms with van der Waals surface area (Å²) in [4.78, 5) is 17.6. The van der Waals surface area contributed by atoms with E-state index in [4.69, 9.17) is 15.2 Å². The van der Waals surface area contributed by atoms with Crippen LogP contribution in [0.1, 0.15) is 13.3 Å². The molecular weight excluding hydrogens is 414 g/mol. The van der Waals surface area contributed by atoms with Crippen molar-refractivity contribution in [2.45, 2.75) is 25.6 Å². The summed E-state index contributed by atoms with van der Waals surface area (Å²) < 4.78 is 12.5. The van der Waals surface area contributed by atoms with Crippen molar-refractivity contribution >= 4 is 28.5 Å². The Balaban J connectivity index is 1.46. The number of β-amino-alcohol motifs (C(OH)–C–C–N with tert-alkyl or cyclic N) is 1. The highest BCUT2D eigenvalue weighted by atomic mass is 16.6. The minimum Gasteiger partial charge on any atom is -0.492 e. The Labute approximate surface area is 182 Å². The zero-order valence-corrected chi connectivity index (χ0v) is 17.4. The number of carbonyl (C=O) groups is 1. The van der Waals surface area contributed by atoms with Crippen LogP contribution in [0.15, 0.2) is 36.8 Å². The van der Waals surface area contributed by atoms with Gasteiger partial charge in [0.2, 0.25) is 0 Å². The molecular formula is C21H23N7O4. The first kappa shape index (κ1) is 20.1. The predicted molar refractivity (Wildman–Crippen MR) is 117 cm³/mol. The molecule has 11 heteroatoms. The van der Waals surface area contributed by atoms with Gasteiger partial charge in [-0.05, 0) is 25.1 Å². The summed E-state index contributed by atoms with van der Waals surface area (Å²) in [7, 11) is 0. The van der Waals surface area contributed by atoms with Crippen LogP contribution in [0.4, 0.5) is 10.6 Å². The van der Waals surface area contributed by atoms with Crippen molar-refractivity contribution in [3.8, 4) is 16.9 Å². The van der Waals surface area contributed by atoms with Crippen LogP contribution < -0.4 is 15.4 Å². The lowest BCUT2D eigenvalue weighted by atomic mass is 10.0. The molecule has 0 spiro atoms. The van der Waals surface area contributed by atoms with Crippen LogP contribution in [-0.4, -0.2) is 67.9 Å². The summed E-state index contributed by atoms with van der Waals surface area (Å²) in [5, 5.41) is 22.8. The number of hydrogen-bond donors (Lipinski definition) is 3. The molecule has 0 radical (unpaired) electrons. The second-order valence-electron chi connectivity index (χ2n) is 7.63. The summed E-state index contributed by atoms with van der Waals surface area (Å²) >= 11 is 0. The third-order valence-electron chi connectivity index (χ3n) is 5.58.